The normalized spacial score (nSPS) is 18.6. The molecule has 2 aliphatic heterocycles. The molecule has 2 fully saturated rings. The van der Waals surface area contributed by atoms with E-state index >= 15 is 0 Å². The van der Waals surface area contributed by atoms with Crippen LogP contribution in [0.15, 0.2) is 18.2 Å². The molecule has 0 saturated carbocycles. The number of amides is 1. The van der Waals surface area contributed by atoms with E-state index in [2.05, 4.69) is 32.7 Å². The Kier molecular flexibility index (Phi) is 10.3. The molecule has 3 rings (SSSR count). The maximum absolute atomic E-state index is 12.2. The molecule has 0 bridgehead atoms. The van der Waals surface area contributed by atoms with Crippen LogP contribution in [0.2, 0.25) is 0 Å². The van der Waals surface area contributed by atoms with E-state index in [4.69, 9.17) is 0 Å². The molecule has 148 valence electrons. The van der Waals surface area contributed by atoms with E-state index in [1.165, 1.54) is 12.8 Å². The van der Waals surface area contributed by atoms with E-state index in [1.807, 2.05) is 13.0 Å². The zero-order valence-electron chi connectivity index (χ0n) is 15.6. The first-order valence-electron chi connectivity index (χ1n) is 9.39. The van der Waals surface area contributed by atoms with Gasteiger partial charge in [0, 0.05) is 31.2 Å². The number of anilines is 1. The van der Waals surface area contributed by atoms with Gasteiger partial charge in [0.1, 0.15) is 5.82 Å². The lowest BCUT2D eigenvalue weighted by molar-refractivity contribution is -0.122. The molecule has 0 aromatic carbocycles. The van der Waals surface area contributed by atoms with Crippen molar-refractivity contribution in [1.29, 1.82) is 0 Å². The van der Waals surface area contributed by atoms with Gasteiger partial charge in [0.2, 0.25) is 5.91 Å². The number of aryl methyl sites for hydroxylation is 1. The van der Waals surface area contributed by atoms with Gasteiger partial charge in [-0.2, -0.15) is 0 Å². The van der Waals surface area contributed by atoms with Gasteiger partial charge in [0.05, 0.1) is 0 Å². The SMILES string of the molecule is Cc1cccc(N2CCC(NC(=O)CCC3CCNCC3)CC2)n1.Cl.Cl. The molecule has 7 heteroatoms. The molecular weight excluding hydrogens is 371 g/mol. The summed E-state index contributed by atoms with van der Waals surface area (Å²) in [7, 11) is 0. The van der Waals surface area contributed by atoms with Crippen molar-refractivity contribution in [3.8, 4) is 0 Å². The van der Waals surface area contributed by atoms with Gasteiger partial charge in [0.15, 0.2) is 0 Å². The first kappa shape index (κ1) is 23.0. The third-order valence-corrected chi connectivity index (χ3v) is 5.30. The molecule has 1 amide bonds. The van der Waals surface area contributed by atoms with Gasteiger partial charge in [-0.3, -0.25) is 4.79 Å². The minimum absolute atomic E-state index is 0. The maximum atomic E-state index is 12.2. The van der Waals surface area contributed by atoms with Crippen molar-refractivity contribution in [3.05, 3.63) is 23.9 Å². The van der Waals surface area contributed by atoms with Crippen molar-refractivity contribution >= 4 is 36.5 Å². The first-order valence-corrected chi connectivity index (χ1v) is 9.39. The van der Waals surface area contributed by atoms with Crippen molar-refractivity contribution in [3.63, 3.8) is 0 Å². The number of pyridine rings is 1. The van der Waals surface area contributed by atoms with Gasteiger partial charge in [-0.05, 0) is 70.2 Å². The summed E-state index contributed by atoms with van der Waals surface area (Å²) in [6, 6.07) is 6.49. The number of nitrogens with zero attached hydrogens (tertiary/aromatic N) is 2. The van der Waals surface area contributed by atoms with Crippen LogP contribution in [0.25, 0.3) is 0 Å². The fourth-order valence-electron chi connectivity index (χ4n) is 3.76. The summed E-state index contributed by atoms with van der Waals surface area (Å²) in [5.41, 5.74) is 1.06. The van der Waals surface area contributed by atoms with E-state index in [1.54, 1.807) is 0 Å². The number of halogens is 2. The molecule has 0 spiro atoms. The zero-order valence-corrected chi connectivity index (χ0v) is 17.2. The summed E-state index contributed by atoms with van der Waals surface area (Å²) in [5, 5.41) is 6.62. The molecule has 0 unspecified atom stereocenters. The van der Waals surface area contributed by atoms with Crippen LogP contribution in [-0.4, -0.2) is 43.1 Å². The molecule has 2 aliphatic rings. The molecule has 2 N–H and O–H groups in total. The molecule has 0 aliphatic carbocycles. The van der Waals surface area contributed by atoms with E-state index in [9.17, 15) is 4.79 Å². The number of rotatable bonds is 5. The minimum Gasteiger partial charge on any atom is -0.356 e. The summed E-state index contributed by atoms with van der Waals surface area (Å²) < 4.78 is 0. The number of aromatic nitrogens is 1. The quantitative estimate of drug-likeness (QED) is 0.794. The Labute approximate surface area is 169 Å². The molecule has 5 nitrogen and oxygen atoms in total. The summed E-state index contributed by atoms with van der Waals surface area (Å²) in [6.45, 7) is 6.18. The lowest BCUT2D eigenvalue weighted by atomic mass is 9.93. The lowest BCUT2D eigenvalue weighted by Gasteiger charge is -2.33. The highest BCUT2D eigenvalue weighted by molar-refractivity contribution is 5.85. The molecule has 26 heavy (non-hydrogen) atoms. The monoisotopic (exact) mass is 402 g/mol. The Morgan fingerprint density at radius 1 is 1.19 bits per heavy atom. The molecule has 2 saturated heterocycles. The minimum atomic E-state index is 0. The number of piperidine rings is 2. The van der Waals surface area contributed by atoms with Gasteiger partial charge in [-0.25, -0.2) is 4.98 Å². The number of carbonyl (C=O) groups excluding carboxylic acids is 1. The number of nitrogens with one attached hydrogen (secondary N) is 2. The zero-order chi connectivity index (χ0) is 16.8. The molecule has 3 heterocycles. The average molecular weight is 403 g/mol. The van der Waals surface area contributed by atoms with Crippen molar-refractivity contribution in [2.24, 2.45) is 5.92 Å². The molecular formula is C19H32Cl2N4O. The topological polar surface area (TPSA) is 57.3 Å². The Bertz CT molecular complexity index is 544. The summed E-state index contributed by atoms with van der Waals surface area (Å²) in [4.78, 5) is 19.1. The first-order chi connectivity index (χ1) is 11.7. The van der Waals surface area contributed by atoms with Crippen LogP contribution in [0.3, 0.4) is 0 Å². The summed E-state index contributed by atoms with van der Waals surface area (Å²) >= 11 is 0. The average Bonchev–Trinajstić information content (AvgIpc) is 2.61. The molecule has 1 aromatic rings. The second-order valence-electron chi connectivity index (χ2n) is 7.20. The maximum Gasteiger partial charge on any atom is 0.220 e. The fraction of sp³-hybridized carbons (Fsp3) is 0.684. The van der Waals surface area contributed by atoms with Gasteiger partial charge >= 0.3 is 0 Å². The van der Waals surface area contributed by atoms with Crippen LogP contribution in [-0.2, 0) is 4.79 Å². The molecule has 1 aromatic heterocycles. The van der Waals surface area contributed by atoms with Crippen LogP contribution in [0.1, 0.15) is 44.2 Å². The van der Waals surface area contributed by atoms with E-state index in [0.29, 0.717) is 12.5 Å². The van der Waals surface area contributed by atoms with E-state index in [0.717, 1.165) is 62.9 Å². The summed E-state index contributed by atoms with van der Waals surface area (Å²) in [6.07, 6.45) is 6.18. The Morgan fingerprint density at radius 2 is 1.88 bits per heavy atom. The van der Waals surface area contributed by atoms with Crippen LogP contribution >= 0.6 is 24.8 Å². The lowest BCUT2D eigenvalue weighted by Crippen LogP contribution is -2.45. The predicted molar refractivity (Wildman–Crippen MR) is 112 cm³/mol. The highest BCUT2D eigenvalue weighted by atomic mass is 35.5. The molecule has 0 radical (unpaired) electrons. The predicted octanol–water partition coefficient (Wildman–Crippen LogP) is 3.10. The number of carbonyl (C=O) groups is 1. The fourth-order valence-corrected chi connectivity index (χ4v) is 3.76. The molecule has 0 atom stereocenters. The Hall–Kier alpha value is -1.04. The van der Waals surface area contributed by atoms with E-state index in [-0.39, 0.29) is 30.7 Å². The van der Waals surface area contributed by atoms with Crippen LogP contribution in [0.4, 0.5) is 5.82 Å². The smallest absolute Gasteiger partial charge is 0.220 e. The Balaban J connectivity index is 0.00000169. The van der Waals surface area contributed by atoms with Gasteiger partial charge in [0.25, 0.3) is 0 Å². The van der Waals surface area contributed by atoms with Gasteiger partial charge in [-0.15, -0.1) is 24.8 Å². The third kappa shape index (κ3) is 6.93. The van der Waals surface area contributed by atoms with E-state index < -0.39 is 0 Å². The number of hydrogen-bond donors (Lipinski definition) is 2. The largest absolute Gasteiger partial charge is 0.356 e. The van der Waals surface area contributed by atoms with Gasteiger partial charge in [-0.1, -0.05) is 6.07 Å². The van der Waals surface area contributed by atoms with Crippen molar-refractivity contribution in [1.82, 2.24) is 15.6 Å². The van der Waals surface area contributed by atoms with Crippen LogP contribution in [0, 0.1) is 12.8 Å². The number of hydrogen-bond acceptors (Lipinski definition) is 4. The van der Waals surface area contributed by atoms with Crippen LogP contribution in [0.5, 0.6) is 0 Å². The third-order valence-electron chi connectivity index (χ3n) is 5.30. The van der Waals surface area contributed by atoms with Crippen molar-refractivity contribution in [2.75, 3.05) is 31.1 Å². The summed E-state index contributed by atoms with van der Waals surface area (Å²) in [5.74, 6) is 2.03. The second-order valence-corrected chi connectivity index (χ2v) is 7.20. The highest BCUT2D eigenvalue weighted by Gasteiger charge is 2.22. The van der Waals surface area contributed by atoms with Crippen molar-refractivity contribution in [2.45, 2.75) is 51.5 Å². The highest BCUT2D eigenvalue weighted by Crippen LogP contribution is 2.20. The Morgan fingerprint density at radius 3 is 2.54 bits per heavy atom. The van der Waals surface area contributed by atoms with Crippen molar-refractivity contribution < 1.29 is 4.79 Å². The van der Waals surface area contributed by atoms with Gasteiger partial charge < -0.3 is 15.5 Å². The second kappa shape index (κ2) is 11.6. The standard InChI is InChI=1S/C19H30N4O.2ClH/c1-15-3-2-4-18(21-15)23-13-9-17(10-14-23)22-19(24)6-5-16-7-11-20-12-8-16;;/h2-4,16-17,20H,5-14H2,1H3,(H,22,24);2*1H. The van der Waals surface area contributed by atoms with Crippen LogP contribution < -0.4 is 15.5 Å².